The molecule has 0 bridgehead atoms. The van der Waals surface area contributed by atoms with Crippen molar-refractivity contribution in [3.63, 3.8) is 0 Å². The number of aryl methyl sites for hydroxylation is 1. The molecule has 0 saturated carbocycles. The Balaban J connectivity index is 1.30. The van der Waals surface area contributed by atoms with Gasteiger partial charge in [-0.05, 0) is 31.2 Å². The monoisotopic (exact) mass is 414 g/mol. The van der Waals surface area contributed by atoms with E-state index in [0.717, 1.165) is 5.56 Å². The smallest absolute Gasteiger partial charge is 0.309 e. The van der Waals surface area contributed by atoms with E-state index in [9.17, 15) is 14.4 Å². The van der Waals surface area contributed by atoms with E-state index < -0.39 is 30.5 Å². The first-order valence-electron chi connectivity index (χ1n) is 9.33. The van der Waals surface area contributed by atoms with Gasteiger partial charge in [-0.2, -0.15) is 0 Å². The molecule has 2 aromatic rings. The van der Waals surface area contributed by atoms with Crippen LogP contribution in [0.3, 0.4) is 0 Å². The van der Waals surface area contributed by atoms with Gasteiger partial charge in [0.1, 0.15) is 12.4 Å². The molecule has 1 aliphatic heterocycles. The molecule has 0 fully saturated rings. The topological polar surface area (TPSA) is 112 Å². The molecule has 30 heavy (non-hydrogen) atoms. The summed E-state index contributed by atoms with van der Waals surface area (Å²) in [7, 11) is 0. The number of rotatable bonds is 7. The van der Waals surface area contributed by atoms with E-state index in [1.54, 1.807) is 36.4 Å². The Bertz CT molecular complexity index is 898. The molecule has 0 saturated heterocycles. The fourth-order valence-electron chi connectivity index (χ4n) is 2.50. The first kappa shape index (κ1) is 21.0. The summed E-state index contributed by atoms with van der Waals surface area (Å²) in [6.45, 7) is 1.56. The molecule has 3 rings (SSSR count). The second-order valence-electron chi connectivity index (χ2n) is 6.47. The normalized spacial score (nSPS) is 14.4. The zero-order chi connectivity index (χ0) is 21.3. The molecule has 9 heteroatoms. The Labute approximate surface area is 173 Å². The van der Waals surface area contributed by atoms with Crippen LogP contribution in [0.2, 0.25) is 0 Å². The van der Waals surface area contributed by atoms with Crippen molar-refractivity contribution in [3.8, 4) is 17.2 Å². The number of hydrogen-bond acceptors (Lipinski definition) is 7. The maximum atomic E-state index is 12.1. The molecule has 0 radical (unpaired) electrons. The molecule has 0 aromatic heterocycles. The predicted octanol–water partition coefficient (Wildman–Crippen LogP) is 1.29. The van der Waals surface area contributed by atoms with Crippen molar-refractivity contribution in [2.45, 2.75) is 19.4 Å². The molecule has 1 atom stereocenters. The van der Waals surface area contributed by atoms with Crippen LogP contribution in [0.1, 0.15) is 12.0 Å². The van der Waals surface area contributed by atoms with E-state index in [1.807, 2.05) is 19.1 Å². The average molecular weight is 414 g/mol. The van der Waals surface area contributed by atoms with Crippen molar-refractivity contribution in [1.29, 1.82) is 0 Å². The van der Waals surface area contributed by atoms with Gasteiger partial charge in [-0.15, -0.1) is 0 Å². The molecule has 2 amide bonds. The van der Waals surface area contributed by atoms with Crippen LogP contribution in [0.5, 0.6) is 17.2 Å². The maximum Gasteiger partial charge on any atom is 0.309 e. The third-order valence-corrected chi connectivity index (χ3v) is 4.09. The molecule has 2 N–H and O–H groups in total. The van der Waals surface area contributed by atoms with Crippen molar-refractivity contribution in [2.75, 3.05) is 19.8 Å². The van der Waals surface area contributed by atoms with Gasteiger partial charge in [0.15, 0.2) is 18.1 Å². The van der Waals surface area contributed by atoms with Crippen LogP contribution in [0.15, 0.2) is 48.5 Å². The van der Waals surface area contributed by atoms with E-state index >= 15 is 0 Å². The number of fused-ring (bicyclic) bond motifs is 1. The predicted molar refractivity (Wildman–Crippen MR) is 105 cm³/mol. The molecule has 9 nitrogen and oxygen atoms in total. The van der Waals surface area contributed by atoms with Gasteiger partial charge < -0.3 is 18.9 Å². The summed E-state index contributed by atoms with van der Waals surface area (Å²) in [4.78, 5) is 35.5. The highest BCUT2D eigenvalue weighted by atomic mass is 16.6. The number of benzene rings is 2. The van der Waals surface area contributed by atoms with Crippen LogP contribution < -0.4 is 25.1 Å². The van der Waals surface area contributed by atoms with Gasteiger partial charge in [0, 0.05) is 0 Å². The van der Waals surface area contributed by atoms with Gasteiger partial charge in [0.25, 0.3) is 11.8 Å². The third-order valence-electron chi connectivity index (χ3n) is 4.09. The van der Waals surface area contributed by atoms with Gasteiger partial charge in [0.2, 0.25) is 6.10 Å². The lowest BCUT2D eigenvalue weighted by atomic mass is 10.2. The minimum atomic E-state index is -0.915. The summed E-state index contributed by atoms with van der Waals surface area (Å²) in [6.07, 6.45) is -0.929. The minimum absolute atomic E-state index is 0.00862. The largest absolute Gasteiger partial charge is 0.493 e. The van der Waals surface area contributed by atoms with Crippen molar-refractivity contribution in [3.05, 3.63) is 54.1 Å². The van der Waals surface area contributed by atoms with Gasteiger partial charge in [-0.25, -0.2) is 0 Å². The Morgan fingerprint density at radius 3 is 2.53 bits per heavy atom. The van der Waals surface area contributed by atoms with Gasteiger partial charge in [-0.3, -0.25) is 25.2 Å². The number of nitrogens with one attached hydrogen (secondary N) is 2. The number of carbonyl (C=O) groups is 3. The van der Waals surface area contributed by atoms with Gasteiger partial charge in [-0.1, -0.05) is 29.8 Å². The van der Waals surface area contributed by atoms with Crippen LogP contribution in [-0.4, -0.2) is 43.7 Å². The summed E-state index contributed by atoms with van der Waals surface area (Å²) in [6, 6.07) is 14.3. The van der Waals surface area contributed by atoms with E-state index in [4.69, 9.17) is 18.9 Å². The van der Waals surface area contributed by atoms with Gasteiger partial charge >= 0.3 is 5.97 Å². The first-order valence-corrected chi connectivity index (χ1v) is 9.33. The third kappa shape index (κ3) is 6.13. The Kier molecular flexibility index (Phi) is 7.09. The summed E-state index contributed by atoms with van der Waals surface area (Å²) < 4.78 is 21.2. The zero-order valence-electron chi connectivity index (χ0n) is 16.4. The minimum Gasteiger partial charge on any atom is -0.493 e. The lowest BCUT2D eigenvalue weighted by molar-refractivity contribution is -0.149. The fraction of sp³-hybridized carbons (Fsp3) is 0.286. The molecule has 1 aliphatic rings. The van der Waals surface area contributed by atoms with Crippen molar-refractivity contribution in [1.82, 2.24) is 10.9 Å². The summed E-state index contributed by atoms with van der Waals surface area (Å²) in [5.41, 5.74) is 5.48. The zero-order valence-corrected chi connectivity index (χ0v) is 16.4. The highest BCUT2D eigenvalue weighted by molar-refractivity contribution is 5.86. The highest BCUT2D eigenvalue weighted by Gasteiger charge is 2.27. The summed E-state index contributed by atoms with van der Waals surface area (Å²) >= 11 is 0. The number of amides is 2. The number of carbonyl (C=O) groups excluding carboxylic acids is 3. The molecular weight excluding hydrogens is 392 g/mol. The Morgan fingerprint density at radius 2 is 1.77 bits per heavy atom. The number of ether oxygens (including phenoxy) is 4. The van der Waals surface area contributed by atoms with E-state index in [0.29, 0.717) is 17.2 Å². The second kappa shape index (κ2) is 10.1. The number of hydrazine groups is 1. The van der Waals surface area contributed by atoms with Gasteiger partial charge in [0.05, 0.1) is 13.0 Å². The Hall–Kier alpha value is -3.75. The lowest BCUT2D eigenvalue weighted by Gasteiger charge is -2.25. The van der Waals surface area contributed by atoms with Crippen molar-refractivity contribution >= 4 is 17.8 Å². The maximum absolute atomic E-state index is 12.1. The first-order chi connectivity index (χ1) is 14.5. The van der Waals surface area contributed by atoms with Crippen LogP contribution in [-0.2, 0) is 19.1 Å². The summed E-state index contributed by atoms with van der Waals surface area (Å²) in [5, 5.41) is 0. The highest BCUT2D eigenvalue weighted by Crippen LogP contribution is 2.30. The number of para-hydroxylation sites is 2. The lowest BCUT2D eigenvalue weighted by Crippen LogP contribution is -2.51. The molecule has 0 aliphatic carbocycles. The van der Waals surface area contributed by atoms with E-state index in [-0.39, 0.29) is 19.6 Å². The average Bonchev–Trinajstić information content (AvgIpc) is 2.77. The van der Waals surface area contributed by atoms with Crippen LogP contribution in [0.25, 0.3) is 0 Å². The fourth-order valence-corrected chi connectivity index (χ4v) is 2.50. The van der Waals surface area contributed by atoms with Crippen molar-refractivity contribution in [2.24, 2.45) is 0 Å². The summed E-state index contributed by atoms with van der Waals surface area (Å²) in [5.74, 6) is -0.237. The number of esters is 1. The van der Waals surface area contributed by atoms with Crippen LogP contribution in [0.4, 0.5) is 0 Å². The molecular formula is C21H22N2O7. The Morgan fingerprint density at radius 1 is 1.03 bits per heavy atom. The molecule has 0 spiro atoms. The van der Waals surface area contributed by atoms with Crippen LogP contribution >= 0.6 is 0 Å². The number of hydrogen-bond donors (Lipinski definition) is 2. The molecule has 158 valence electrons. The van der Waals surface area contributed by atoms with E-state index in [2.05, 4.69) is 10.9 Å². The van der Waals surface area contributed by atoms with Crippen LogP contribution in [0, 0.1) is 6.92 Å². The van der Waals surface area contributed by atoms with Crippen molar-refractivity contribution < 1.29 is 33.3 Å². The standard InChI is InChI=1S/C21H22N2O7/c1-14-6-8-15(9-7-14)27-11-10-20(25)29-13-19(24)22-23-21(26)18-12-28-16-4-2-3-5-17(16)30-18/h2-9,18H,10-13H2,1H3,(H,22,24)(H,23,26)/t18-/m1/s1. The SMILES string of the molecule is Cc1ccc(OCCC(=O)OCC(=O)NNC(=O)[C@H]2COc3ccccc3O2)cc1. The van der Waals surface area contributed by atoms with E-state index in [1.165, 1.54) is 0 Å². The molecule has 0 unspecified atom stereocenters. The quantitative estimate of drug-likeness (QED) is 0.519. The molecule has 2 aromatic carbocycles. The second-order valence-corrected chi connectivity index (χ2v) is 6.47. The molecule has 1 heterocycles.